The molecule has 19 heavy (non-hydrogen) atoms. The van der Waals surface area contributed by atoms with Crippen LogP contribution in [0.15, 0.2) is 22.9 Å². The zero-order chi connectivity index (χ0) is 14.0. The van der Waals surface area contributed by atoms with Crippen LogP contribution in [-0.2, 0) is 9.53 Å². The van der Waals surface area contributed by atoms with Crippen molar-refractivity contribution in [1.29, 1.82) is 0 Å². The largest absolute Gasteiger partial charge is 0.467 e. The Morgan fingerprint density at radius 3 is 2.84 bits per heavy atom. The number of ether oxygens (including phenoxy) is 1. The average molecular weight is 329 g/mol. The number of aliphatic hydroxyl groups is 1. The molecule has 1 aliphatic rings. The van der Waals surface area contributed by atoms with Gasteiger partial charge in [-0.25, -0.2) is 9.78 Å². The second kappa shape index (κ2) is 5.66. The third kappa shape index (κ3) is 2.93. The summed E-state index contributed by atoms with van der Waals surface area (Å²) >= 11 is 3.18. The number of nitrogens with zero attached hydrogens (tertiary/aromatic N) is 2. The smallest absolute Gasteiger partial charge is 0.328 e. The number of aromatic nitrogens is 1. The first-order valence-corrected chi connectivity index (χ1v) is 6.50. The monoisotopic (exact) mass is 328 g/mol. The van der Waals surface area contributed by atoms with E-state index in [1.54, 1.807) is 12.1 Å². The van der Waals surface area contributed by atoms with Gasteiger partial charge in [0.2, 0.25) is 0 Å². The minimum atomic E-state index is -0.740. The lowest BCUT2D eigenvalue weighted by Gasteiger charge is -2.22. The number of likely N-dealkylation sites (tertiary alicyclic amines) is 1. The summed E-state index contributed by atoms with van der Waals surface area (Å²) in [6.45, 7) is 0.120. The van der Waals surface area contributed by atoms with Gasteiger partial charge >= 0.3 is 5.97 Å². The fourth-order valence-corrected chi connectivity index (χ4v) is 2.30. The second-order valence-corrected chi connectivity index (χ2v) is 5.07. The number of methoxy groups -OCH3 is 1. The van der Waals surface area contributed by atoms with Gasteiger partial charge in [0, 0.05) is 19.2 Å². The molecule has 2 heterocycles. The third-order valence-corrected chi connectivity index (χ3v) is 3.46. The molecule has 0 radical (unpaired) electrons. The van der Waals surface area contributed by atoms with E-state index in [0.29, 0.717) is 10.2 Å². The van der Waals surface area contributed by atoms with Gasteiger partial charge in [-0.15, -0.1) is 0 Å². The van der Waals surface area contributed by atoms with Gasteiger partial charge < -0.3 is 14.7 Å². The van der Waals surface area contributed by atoms with Crippen LogP contribution in [0.2, 0.25) is 0 Å². The van der Waals surface area contributed by atoms with Crippen molar-refractivity contribution in [2.45, 2.75) is 18.6 Å². The van der Waals surface area contributed by atoms with Gasteiger partial charge in [-0.1, -0.05) is 0 Å². The number of hydrogen-bond donors (Lipinski definition) is 1. The van der Waals surface area contributed by atoms with E-state index in [0.717, 1.165) is 0 Å². The summed E-state index contributed by atoms with van der Waals surface area (Å²) in [5.74, 6) is -0.859. The molecule has 1 aliphatic heterocycles. The summed E-state index contributed by atoms with van der Waals surface area (Å²) in [5, 5.41) is 9.63. The maximum atomic E-state index is 12.3. The van der Waals surface area contributed by atoms with Crippen molar-refractivity contribution in [2.24, 2.45) is 0 Å². The topological polar surface area (TPSA) is 79.7 Å². The molecule has 102 valence electrons. The first-order chi connectivity index (χ1) is 9.02. The van der Waals surface area contributed by atoms with E-state index < -0.39 is 18.1 Å². The van der Waals surface area contributed by atoms with Crippen LogP contribution in [0.3, 0.4) is 0 Å². The lowest BCUT2D eigenvalue weighted by atomic mass is 10.2. The van der Waals surface area contributed by atoms with Crippen molar-refractivity contribution in [3.8, 4) is 0 Å². The highest BCUT2D eigenvalue weighted by atomic mass is 79.9. The minimum Gasteiger partial charge on any atom is -0.467 e. The molecule has 1 aromatic rings. The van der Waals surface area contributed by atoms with Crippen LogP contribution in [0.5, 0.6) is 0 Å². The molecule has 0 bridgehead atoms. The van der Waals surface area contributed by atoms with Gasteiger partial charge in [-0.3, -0.25) is 4.79 Å². The Balaban J connectivity index is 2.21. The van der Waals surface area contributed by atoms with E-state index in [1.807, 2.05) is 0 Å². The van der Waals surface area contributed by atoms with E-state index in [-0.39, 0.29) is 18.9 Å². The number of carbonyl (C=O) groups excluding carboxylic acids is 2. The van der Waals surface area contributed by atoms with Gasteiger partial charge in [-0.2, -0.15) is 0 Å². The zero-order valence-corrected chi connectivity index (χ0v) is 11.8. The van der Waals surface area contributed by atoms with Crippen LogP contribution in [0.4, 0.5) is 0 Å². The van der Waals surface area contributed by atoms with Crippen molar-refractivity contribution >= 4 is 27.8 Å². The molecule has 2 unspecified atom stereocenters. The molecular weight excluding hydrogens is 316 g/mol. The fraction of sp³-hybridized carbons (Fsp3) is 0.417. The lowest BCUT2D eigenvalue weighted by molar-refractivity contribution is -0.145. The van der Waals surface area contributed by atoms with Gasteiger partial charge in [0.15, 0.2) is 0 Å². The van der Waals surface area contributed by atoms with Crippen molar-refractivity contribution in [2.75, 3.05) is 13.7 Å². The molecule has 1 aromatic heterocycles. The summed E-state index contributed by atoms with van der Waals surface area (Å²) < 4.78 is 5.27. The van der Waals surface area contributed by atoms with Crippen molar-refractivity contribution in [3.63, 3.8) is 0 Å². The van der Waals surface area contributed by atoms with Crippen LogP contribution in [0.1, 0.15) is 16.8 Å². The highest BCUT2D eigenvalue weighted by molar-refractivity contribution is 9.10. The fourth-order valence-electron chi connectivity index (χ4n) is 2.07. The molecule has 7 heteroatoms. The van der Waals surface area contributed by atoms with E-state index in [2.05, 4.69) is 25.7 Å². The van der Waals surface area contributed by atoms with Gasteiger partial charge in [0.25, 0.3) is 5.91 Å². The number of halogens is 1. The summed E-state index contributed by atoms with van der Waals surface area (Å²) in [5.41, 5.74) is 0.367. The second-order valence-electron chi connectivity index (χ2n) is 4.26. The number of aliphatic hydroxyl groups excluding tert-OH is 1. The number of amides is 1. The zero-order valence-electron chi connectivity index (χ0n) is 10.2. The van der Waals surface area contributed by atoms with Crippen LogP contribution < -0.4 is 0 Å². The molecule has 2 atom stereocenters. The normalized spacial score (nSPS) is 22.4. The Hall–Kier alpha value is -1.47. The van der Waals surface area contributed by atoms with E-state index in [1.165, 1.54) is 18.2 Å². The predicted molar refractivity (Wildman–Crippen MR) is 69.4 cm³/mol. The summed E-state index contributed by atoms with van der Waals surface area (Å²) in [6, 6.07) is 2.52. The molecule has 1 saturated heterocycles. The first kappa shape index (κ1) is 14.0. The van der Waals surface area contributed by atoms with Gasteiger partial charge in [0.05, 0.1) is 18.8 Å². The molecule has 1 fully saturated rings. The van der Waals surface area contributed by atoms with Crippen LogP contribution >= 0.6 is 15.9 Å². The molecule has 2 rings (SSSR count). The van der Waals surface area contributed by atoms with Crippen molar-refractivity contribution < 1.29 is 19.4 Å². The van der Waals surface area contributed by atoms with E-state index in [4.69, 9.17) is 0 Å². The van der Waals surface area contributed by atoms with E-state index >= 15 is 0 Å². The Morgan fingerprint density at radius 1 is 1.53 bits per heavy atom. The quantitative estimate of drug-likeness (QED) is 0.635. The van der Waals surface area contributed by atoms with Crippen molar-refractivity contribution in [3.05, 3.63) is 28.5 Å². The SMILES string of the molecule is COC(=O)C1CC(O)CN1C(=O)c1ccc(Br)nc1. The van der Waals surface area contributed by atoms with Crippen LogP contribution in [0.25, 0.3) is 0 Å². The number of rotatable bonds is 2. The Morgan fingerprint density at radius 2 is 2.26 bits per heavy atom. The van der Waals surface area contributed by atoms with E-state index in [9.17, 15) is 14.7 Å². The molecule has 0 aromatic carbocycles. The molecule has 0 spiro atoms. The Labute approximate surface area is 118 Å². The first-order valence-electron chi connectivity index (χ1n) is 5.71. The highest BCUT2D eigenvalue weighted by Crippen LogP contribution is 2.21. The number of carbonyl (C=O) groups is 2. The number of hydrogen-bond acceptors (Lipinski definition) is 5. The molecule has 0 aliphatic carbocycles. The molecule has 1 amide bonds. The third-order valence-electron chi connectivity index (χ3n) is 2.99. The molecular formula is C12H13BrN2O4. The van der Waals surface area contributed by atoms with Crippen molar-refractivity contribution in [1.82, 2.24) is 9.88 Å². The Bertz CT molecular complexity index is 491. The molecule has 6 nitrogen and oxygen atoms in total. The molecule has 1 N–H and O–H groups in total. The van der Waals surface area contributed by atoms with Crippen LogP contribution in [0, 0.1) is 0 Å². The Kier molecular flexibility index (Phi) is 4.16. The summed E-state index contributed by atoms with van der Waals surface area (Å²) in [7, 11) is 1.26. The standard InChI is InChI=1S/C12H13BrN2O4/c1-19-12(18)9-4-8(16)6-15(9)11(17)7-2-3-10(13)14-5-7/h2-3,5,8-9,16H,4,6H2,1H3. The number of β-amino-alcohol motifs (C(OH)–C–C–N with tert-alkyl or cyclic N) is 1. The average Bonchev–Trinajstić information content (AvgIpc) is 2.80. The van der Waals surface area contributed by atoms with Gasteiger partial charge in [-0.05, 0) is 28.1 Å². The molecule has 0 saturated carbocycles. The minimum absolute atomic E-state index is 0.120. The number of esters is 1. The lowest BCUT2D eigenvalue weighted by Crippen LogP contribution is -2.41. The maximum absolute atomic E-state index is 12.3. The summed E-state index contributed by atoms with van der Waals surface area (Å²) in [4.78, 5) is 29.2. The summed E-state index contributed by atoms with van der Waals surface area (Å²) in [6.07, 6.45) is 0.907. The highest BCUT2D eigenvalue weighted by Gasteiger charge is 2.39. The van der Waals surface area contributed by atoms with Crippen LogP contribution in [-0.4, -0.2) is 52.7 Å². The number of pyridine rings is 1. The maximum Gasteiger partial charge on any atom is 0.328 e. The van der Waals surface area contributed by atoms with Gasteiger partial charge in [0.1, 0.15) is 10.6 Å². The predicted octanol–water partition coefficient (Wildman–Crippen LogP) is 0.592.